The Kier molecular flexibility index (Phi) is 11.9. The molecule has 0 amide bonds. The summed E-state index contributed by atoms with van der Waals surface area (Å²) in [7, 11) is 0. The number of benzene rings is 1. The van der Waals surface area contributed by atoms with Crippen molar-refractivity contribution in [3.63, 3.8) is 0 Å². The smallest absolute Gasteiger partial charge is 0.0645 e. The highest BCUT2D eigenvalue weighted by atomic mass is 16.5. The predicted molar refractivity (Wildman–Crippen MR) is 120 cm³/mol. The van der Waals surface area contributed by atoms with E-state index < -0.39 is 0 Å². The summed E-state index contributed by atoms with van der Waals surface area (Å²) in [5.74, 6) is 0. The van der Waals surface area contributed by atoms with Gasteiger partial charge in [-0.1, -0.05) is 61.4 Å². The Balaban J connectivity index is 1.38. The predicted octanol–water partition coefficient (Wildman–Crippen LogP) is 4.03. The molecule has 1 aliphatic rings. The summed E-state index contributed by atoms with van der Waals surface area (Å²) in [4.78, 5) is 0. The molecule has 4 nitrogen and oxygen atoms in total. The van der Waals surface area contributed by atoms with Gasteiger partial charge in [-0.25, -0.2) is 0 Å². The molecule has 29 heavy (non-hydrogen) atoms. The lowest BCUT2D eigenvalue weighted by atomic mass is 9.79. The second kappa shape index (κ2) is 14.5. The quantitative estimate of drug-likeness (QED) is 0.366. The lowest BCUT2D eigenvalue weighted by molar-refractivity contribution is 0.125. The molecule has 1 aromatic carbocycles. The molecule has 162 valence electrons. The summed E-state index contributed by atoms with van der Waals surface area (Å²) in [5.41, 5.74) is 2.15. The van der Waals surface area contributed by atoms with E-state index in [0.29, 0.717) is 0 Å². The first kappa shape index (κ1) is 23.8. The van der Waals surface area contributed by atoms with E-state index in [1.807, 2.05) is 12.2 Å². The summed E-state index contributed by atoms with van der Waals surface area (Å²) in [6.45, 7) is 3.53. The third-order valence-electron chi connectivity index (χ3n) is 5.60. The van der Waals surface area contributed by atoms with Crippen molar-refractivity contribution in [3.8, 4) is 0 Å². The minimum absolute atomic E-state index is 0.0659. The first-order valence-electron chi connectivity index (χ1n) is 11.2. The van der Waals surface area contributed by atoms with Crippen LogP contribution in [0.1, 0.15) is 50.5 Å². The first-order valence-corrected chi connectivity index (χ1v) is 11.2. The van der Waals surface area contributed by atoms with Crippen LogP contribution in [-0.2, 0) is 11.2 Å². The van der Waals surface area contributed by atoms with E-state index in [-0.39, 0.29) is 18.6 Å². The van der Waals surface area contributed by atoms with Crippen LogP contribution in [-0.4, -0.2) is 49.7 Å². The molecule has 0 fully saturated rings. The minimum Gasteiger partial charge on any atom is -0.395 e. The van der Waals surface area contributed by atoms with Gasteiger partial charge in [-0.15, -0.1) is 0 Å². The van der Waals surface area contributed by atoms with Gasteiger partial charge >= 0.3 is 0 Å². The van der Waals surface area contributed by atoms with E-state index in [2.05, 4.69) is 41.7 Å². The minimum atomic E-state index is -0.274. The largest absolute Gasteiger partial charge is 0.395 e. The Morgan fingerprint density at radius 2 is 1.69 bits per heavy atom. The van der Waals surface area contributed by atoms with Crippen molar-refractivity contribution in [2.24, 2.45) is 5.41 Å². The fourth-order valence-electron chi connectivity index (χ4n) is 3.78. The zero-order valence-corrected chi connectivity index (χ0v) is 17.8. The number of hydrogen-bond donors (Lipinski definition) is 3. The molecule has 0 aliphatic heterocycles. The van der Waals surface area contributed by atoms with Crippen LogP contribution in [0.2, 0.25) is 0 Å². The number of rotatable bonds is 16. The zero-order valence-electron chi connectivity index (χ0n) is 17.8. The van der Waals surface area contributed by atoms with Crippen molar-refractivity contribution in [3.05, 3.63) is 59.7 Å². The molecular weight excluding hydrogens is 362 g/mol. The number of ether oxygens (including phenoxy) is 1. The Bertz CT molecular complexity index is 599. The summed E-state index contributed by atoms with van der Waals surface area (Å²) in [6.07, 6.45) is 14.9. The molecule has 1 atom stereocenters. The van der Waals surface area contributed by atoms with Gasteiger partial charge in [-0.3, -0.25) is 0 Å². The van der Waals surface area contributed by atoms with Gasteiger partial charge < -0.3 is 20.3 Å². The number of unbranched alkanes of at least 4 members (excludes halogenated alkanes) is 4. The fraction of sp³-hybridized carbons (Fsp3) is 0.600. The van der Waals surface area contributed by atoms with Crippen LogP contribution in [0.15, 0.2) is 54.1 Å². The molecule has 3 N–H and O–H groups in total. The molecule has 4 heteroatoms. The average Bonchev–Trinajstić information content (AvgIpc) is 2.77. The molecule has 1 aliphatic carbocycles. The van der Waals surface area contributed by atoms with Crippen LogP contribution in [0.3, 0.4) is 0 Å². The average molecular weight is 402 g/mol. The number of aryl methyl sites for hydroxylation is 1. The molecule has 0 spiro atoms. The van der Waals surface area contributed by atoms with Crippen LogP contribution in [0.4, 0.5) is 0 Å². The van der Waals surface area contributed by atoms with Crippen LogP contribution < -0.4 is 5.32 Å². The Morgan fingerprint density at radius 3 is 2.45 bits per heavy atom. The maximum atomic E-state index is 9.77. The van der Waals surface area contributed by atoms with Crippen molar-refractivity contribution in [2.75, 3.05) is 39.5 Å². The molecule has 0 saturated carbocycles. The SMILES string of the molecule is OCC1=CC=CC(CO)(CNCCCCOCCCCCCc2ccccc2)C1. The Labute approximate surface area is 176 Å². The zero-order chi connectivity index (χ0) is 20.6. The Morgan fingerprint density at radius 1 is 0.931 bits per heavy atom. The summed E-state index contributed by atoms with van der Waals surface area (Å²) < 4.78 is 5.75. The van der Waals surface area contributed by atoms with Crippen molar-refractivity contribution in [2.45, 2.75) is 51.4 Å². The van der Waals surface area contributed by atoms with Gasteiger partial charge in [0.05, 0.1) is 13.2 Å². The fourth-order valence-corrected chi connectivity index (χ4v) is 3.78. The van der Waals surface area contributed by atoms with E-state index >= 15 is 0 Å². The second-order valence-electron chi connectivity index (χ2n) is 8.19. The van der Waals surface area contributed by atoms with Crippen molar-refractivity contribution >= 4 is 0 Å². The Hall–Kier alpha value is -1.46. The molecule has 2 rings (SSSR count). The second-order valence-corrected chi connectivity index (χ2v) is 8.19. The molecule has 0 bridgehead atoms. The molecule has 0 aromatic heterocycles. The van der Waals surface area contributed by atoms with Crippen LogP contribution in [0.5, 0.6) is 0 Å². The lowest BCUT2D eigenvalue weighted by Crippen LogP contribution is -2.38. The number of aliphatic hydroxyl groups is 2. The molecule has 0 saturated heterocycles. The lowest BCUT2D eigenvalue weighted by Gasteiger charge is -2.32. The molecule has 1 unspecified atom stereocenters. The maximum absolute atomic E-state index is 9.77. The van der Waals surface area contributed by atoms with Gasteiger partial charge in [0.2, 0.25) is 0 Å². The normalized spacial score (nSPS) is 18.8. The standard InChI is InChI=1S/C25H39NO3/c27-20-24-14-10-15-25(19-24,22-28)21-26-16-7-9-18-29-17-8-2-1-4-11-23-12-5-3-6-13-23/h3,5-6,10,12-15,26-28H,1-2,4,7-9,11,16-22H2. The van der Waals surface area contributed by atoms with Gasteiger partial charge in [0.15, 0.2) is 0 Å². The molecule has 0 heterocycles. The highest BCUT2D eigenvalue weighted by Crippen LogP contribution is 2.30. The third-order valence-corrected chi connectivity index (χ3v) is 5.60. The summed E-state index contributed by atoms with van der Waals surface area (Å²) in [5, 5.41) is 22.5. The monoisotopic (exact) mass is 401 g/mol. The first-order chi connectivity index (χ1) is 14.3. The van der Waals surface area contributed by atoms with E-state index in [0.717, 1.165) is 57.6 Å². The molecule has 0 radical (unpaired) electrons. The van der Waals surface area contributed by atoms with Crippen molar-refractivity contribution < 1.29 is 14.9 Å². The maximum Gasteiger partial charge on any atom is 0.0645 e. The van der Waals surface area contributed by atoms with Crippen molar-refractivity contribution in [1.82, 2.24) is 5.32 Å². The topological polar surface area (TPSA) is 61.7 Å². The number of allylic oxidation sites excluding steroid dienone is 2. The van der Waals surface area contributed by atoms with E-state index in [4.69, 9.17) is 4.74 Å². The summed E-state index contributed by atoms with van der Waals surface area (Å²) in [6, 6.07) is 10.7. The van der Waals surface area contributed by atoms with Crippen LogP contribution in [0.25, 0.3) is 0 Å². The van der Waals surface area contributed by atoms with E-state index in [9.17, 15) is 10.2 Å². The van der Waals surface area contributed by atoms with Gasteiger partial charge in [-0.05, 0) is 56.2 Å². The van der Waals surface area contributed by atoms with E-state index in [1.54, 1.807) is 0 Å². The van der Waals surface area contributed by atoms with Crippen LogP contribution in [0, 0.1) is 5.41 Å². The van der Waals surface area contributed by atoms with Gasteiger partial charge in [0.25, 0.3) is 0 Å². The molecule has 1 aromatic rings. The van der Waals surface area contributed by atoms with Gasteiger partial charge in [0.1, 0.15) is 0 Å². The summed E-state index contributed by atoms with van der Waals surface area (Å²) >= 11 is 0. The number of hydrogen-bond acceptors (Lipinski definition) is 4. The highest BCUT2D eigenvalue weighted by molar-refractivity contribution is 5.24. The molecular formula is C25H39NO3. The van der Waals surface area contributed by atoms with Crippen LogP contribution >= 0.6 is 0 Å². The number of aliphatic hydroxyl groups excluding tert-OH is 2. The van der Waals surface area contributed by atoms with E-state index in [1.165, 1.54) is 31.2 Å². The highest BCUT2D eigenvalue weighted by Gasteiger charge is 2.28. The number of nitrogens with one attached hydrogen (secondary N) is 1. The van der Waals surface area contributed by atoms with Crippen molar-refractivity contribution in [1.29, 1.82) is 0 Å². The van der Waals surface area contributed by atoms with Gasteiger partial charge in [0, 0.05) is 25.2 Å². The third kappa shape index (κ3) is 9.72. The van der Waals surface area contributed by atoms with Gasteiger partial charge in [-0.2, -0.15) is 0 Å².